The number of fused-ring (bicyclic) bond motifs is 1. The van der Waals surface area contributed by atoms with Gasteiger partial charge in [0.25, 0.3) is 0 Å². The van der Waals surface area contributed by atoms with Crippen LogP contribution in [0.25, 0.3) is 0 Å². The van der Waals surface area contributed by atoms with Crippen LogP contribution in [-0.2, 0) is 22.4 Å². The van der Waals surface area contributed by atoms with E-state index in [4.69, 9.17) is 10.5 Å². The molecule has 0 fully saturated rings. The van der Waals surface area contributed by atoms with Crippen molar-refractivity contribution in [3.63, 3.8) is 0 Å². The number of carbonyl (C=O) groups is 1. The molecule has 1 aromatic carbocycles. The quantitative estimate of drug-likeness (QED) is 0.842. The van der Waals surface area contributed by atoms with Gasteiger partial charge in [0.05, 0.1) is 7.11 Å². The Balaban J connectivity index is 2.02. The number of hydrogen-bond acceptors (Lipinski definition) is 4. The lowest BCUT2D eigenvalue weighted by Crippen LogP contribution is -2.50. The molecule has 0 bridgehead atoms. The Labute approximate surface area is 113 Å². The Hall–Kier alpha value is -1.55. The second kappa shape index (κ2) is 5.61. The number of benzene rings is 1. The van der Waals surface area contributed by atoms with Crippen molar-refractivity contribution in [1.82, 2.24) is 0 Å². The highest BCUT2D eigenvalue weighted by Gasteiger charge is 2.30. The molecular weight excluding hydrogens is 242 g/mol. The van der Waals surface area contributed by atoms with E-state index in [1.807, 2.05) is 6.07 Å². The van der Waals surface area contributed by atoms with Gasteiger partial charge in [-0.15, -0.1) is 0 Å². The van der Waals surface area contributed by atoms with Crippen LogP contribution in [-0.4, -0.2) is 25.2 Å². The summed E-state index contributed by atoms with van der Waals surface area (Å²) in [7, 11) is 1.33. The molecule has 4 heteroatoms. The van der Waals surface area contributed by atoms with Crippen molar-refractivity contribution in [1.29, 1.82) is 0 Å². The second-order valence-corrected chi connectivity index (χ2v) is 5.34. The zero-order valence-corrected chi connectivity index (χ0v) is 11.6. The number of esters is 1. The smallest absolute Gasteiger partial charge is 0.329 e. The van der Waals surface area contributed by atoms with Gasteiger partial charge in [-0.05, 0) is 55.9 Å². The lowest BCUT2D eigenvalue weighted by molar-refractivity contribution is -0.147. The summed E-state index contributed by atoms with van der Waals surface area (Å²) in [5.74, 6) is 0.298. The van der Waals surface area contributed by atoms with Crippen LogP contribution in [0.1, 0.15) is 30.9 Å². The summed E-state index contributed by atoms with van der Waals surface area (Å²) >= 11 is 0. The lowest BCUT2D eigenvalue weighted by atomic mass is 9.92. The Bertz CT molecular complexity index is 468. The van der Waals surface area contributed by atoms with Gasteiger partial charge in [-0.25, -0.2) is 4.79 Å². The molecule has 0 amide bonds. The van der Waals surface area contributed by atoms with E-state index in [1.165, 1.54) is 31.1 Å². The van der Waals surface area contributed by atoms with E-state index in [-0.39, 0.29) is 6.61 Å². The SMILES string of the molecule is COC(=O)C(C)(N)COc1ccc2c(c1)CCCC2. The molecule has 1 atom stereocenters. The summed E-state index contributed by atoms with van der Waals surface area (Å²) in [5.41, 5.74) is 7.49. The van der Waals surface area contributed by atoms with E-state index >= 15 is 0 Å². The summed E-state index contributed by atoms with van der Waals surface area (Å²) in [6.45, 7) is 1.72. The predicted octanol–water partition coefficient (Wildman–Crippen LogP) is 1.83. The number of nitrogens with two attached hydrogens (primary N) is 1. The van der Waals surface area contributed by atoms with Gasteiger partial charge in [0.15, 0.2) is 0 Å². The third kappa shape index (κ3) is 3.26. The second-order valence-electron chi connectivity index (χ2n) is 5.34. The van der Waals surface area contributed by atoms with Crippen LogP contribution in [0.3, 0.4) is 0 Å². The molecule has 4 nitrogen and oxygen atoms in total. The van der Waals surface area contributed by atoms with Crippen LogP contribution in [0.15, 0.2) is 18.2 Å². The maximum Gasteiger partial charge on any atom is 0.329 e. The molecule has 1 aromatic rings. The maximum atomic E-state index is 11.5. The van der Waals surface area contributed by atoms with Gasteiger partial charge in [-0.2, -0.15) is 0 Å². The molecule has 0 aromatic heterocycles. The zero-order chi connectivity index (χ0) is 13.9. The molecule has 19 heavy (non-hydrogen) atoms. The Morgan fingerprint density at radius 2 is 2.00 bits per heavy atom. The molecule has 0 radical (unpaired) electrons. The van der Waals surface area contributed by atoms with E-state index in [0.29, 0.717) is 0 Å². The molecule has 0 heterocycles. The summed E-state index contributed by atoms with van der Waals surface area (Å²) in [6, 6.07) is 6.11. The first-order valence-corrected chi connectivity index (χ1v) is 6.65. The fourth-order valence-corrected chi connectivity index (χ4v) is 2.32. The Morgan fingerprint density at radius 1 is 1.32 bits per heavy atom. The van der Waals surface area contributed by atoms with Crippen LogP contribution in [0.4, 0.5) is 0 Å². The van der Waals surface area contributed by atoms with Crippen molar-refractivity contribution in [2.24, 2.45) is 5.73 Å². The highest BCUT2D eigenvalue weighted by Crippen LogP contribution is 2.25. The first kappa shape index (κ1) is 13.9. The largest absolute Gasteiger partial charge is 0.491 e. The maximum absolute atomic E-state index is 11.5. The molecule has 2 rings (SSSR count). The number of hydrogen-bond donors (Lipinski definition) is 1. The standard InChI is InChI=1S/C15H21NO3/c1-15(16,14(17)18-2)10-19-13-8-7-11-5-3-4-6-12(11)9-13/h7-9H,3-6,10,16H2,1-2H3. The number of aryl methyl sites for hydroxylation is 2. The van der Waals surface area contributed by atoms with Gasteiger partial charge < -0.3 is 15.2 Å². The van der Waals surface area contributed by atoms with Crippen LogP contribution in [0, 0.1) is 0 Å². The Kier molecular flexibility index (Phi) is 4.10. The van der Waals surface area contributed by atoms with Gasteiger partial charge in [0.2, 0.25) is 0 Å². The first-order valence-electron chi connectivity index (χ1n) is 6.65. The van der Waals surface area contributed by atoms with Gasteiger partial charge in [-0.1, -0.05) is 6.07 Å². The molecule has 1 unspecified atom stereocenters. The molecule has 0 saturated heterocycles. The molecule has 1 aliphatic carbocycles. The summed E-state index contributed by atoms with van der Waals surface area (Å²) < 4.78 is 10.3. The van der Waals surface area contributed by atoms with Gasteiger partial charge in [0.1, 0.15) is 17.9 Å². The normalized spacial score (nSPS) is 17.2. The van der Waals surface area contributed by atoms with E-state index in [1.54, 1.807) is 6.92 Å². The average molecular weight is 263 g/mol. The fourth-order valence-electron chi connectivity index (χ4n) is 2.32. The number of rotatable bonds is 4. The lowest BCUT2D eigenvalue weighted by Gasteiger charge is -2.22. The third-order valence-corrected chi connectivity index (χ3v) is 3.51. The molecule has 104 valence electrons. The number of carbonyl (C=O) groups excluding carboxylic acids is 1. The van der Waals surface area contributed by atoms with Crippen molar-refractivity contribution in [2.45, 2.75) is 38.1 Å². The first-order chi connectivity index (χ1) is 9.03. The Morgan fingerprint density at radius 3 is 2.68 bits per heavy atom. The van der Waals surface area contributed by atoms with Gasteiger partial charge >= 0.3 is 5.97 Å². The minimum absolute atomic E-state index is 0.110. The van der Waals surface area contributed by atoms with Crippen molar-refractivity contribution < 1.29 is 14.3 Å². The van der Waals surface area contributed by atoms with E-state index in [2.05, 4.69) is 16.9 Å². The minimum Gasteiger partial charge on any atom is -0.491 e. The topological polar surface area (TPSA) is 61.5 Å². The van der Waals surface area contributed by atoms with Crippen molar-refractivity contribution in [2.75, 3.05) is 13.7 Å². The third-order valence-electron chi connectivity index (χ3n) is 3.51. The molecule has 0 spiro atoms. The summed E-state index contributed by atoms with van der Waals surface area (Å²) in [4.78, 5) is 11.5. The molecule has 2 N–H and O–H groups in total. The minimum atomic E-state index is -1.12. The number of ether oxygens (including phenoxy) is 2. The fraction of sp³-hybridized carbons (Fsp3) is 0.533. The summed E-state index contributed by atoms with van der Waals surface area (Å²) in [5, 5.41) is 0. The van der Waals surface area contributed by atoms with Crippen molar-refractivity contribution in [3.05, 3.63) is 29.3 Å². The van der Waals surface area contributed by atoms with Crippen LogP contribution in [0.5, 0.6) is 5.75 Å². The van der Waals surface area contributed by atoms with Gasteiger partial charge in [0, 0.05) is 0 Å². The van der Waals surface area contributed by atoms with Crippen LogP contribution in [0.2, 0.25) is 0 Å². The van der Waals surface area contributed by atoms with Crippen LogP contribution < -0.4 is 10.5 Å². The average Bonchev–Trinajstić information content (AvgIpc) is 2.44. The molecule has 0 saturated carbocycles. The monoisotopic (exact) mass is 263 g/mol. The van der Waals surface area contributed by atoms with E-state index in [9.17, 15) is 4.79 Å². The predicted molar refractivity (Wildman–Crippen MR) is 73.2 cm³/mol. The molecule has 1 aliphatic rings. The van der Waals surface area contributed by atoms with Gasteiger partial charge in [-0.3, -0.25) is 0 Å². The van der Waals surface area contributed by atoms with Crippen molar-refractivity contribution >= 4 is 5.97 Å². The zero-order valence-electron chi connectivity index (χ0n) is 11.6. The van der Waals surface area contributed by atoms with Crippen LogP contribution >= 0.6 is 0 Å². The highest BCUT2D eigenvalue weighted by molar-refractivity contribution is 5.80. The molecule has 0 aliphatic heterocycles. The van der Waals surface area contributed by atoms with E-state index in [0.717, 1.165) is 18.6 Å². The molecular formula is C15H21NO3. The number of methoxy groups -OCH3 is 1. The van der Waals surface area contributed by atoms with E-state index < -0.39 is 11.5 Å². The highest BCUT2D eigenvalue weighted by atomic mass is 16.5. The van der Waals surface area contributed by atoms with Crippen molar-refractivity contribution in [3.8, 4) is 5.75 Å². The summed E-state index contributed by atoms with van der Waals surface area (Å²) in [6.07, 6.45) is 4.74.